The van der Waals surface area contributed by atoms with Gasteiger partial charge in [-0.15, -0.1) is 0 Å². The molecule has 0 unspecified atom stereocenters. The number of nitrogens with zero attached hydrogens (tertiary/aromatic N) is 2. The van der Waals surface area contributed by atoms with Crippen LogP contribution >= 0.6 is 0 Å². The van der Waals surface area contributed by atoms with Gasteiger partial charge in [-0.1, -0.05) is 35.4 Å². The first-order chi connectivity index (χ1) is 14.0. The first kappa shape index (κ1) is 21.9. The van der Waals surface area contributed by atoms with Crippen LogP contribution in [0, 0.1) is 13.8 Å². The zero-order valence-electron chi connectivity index (χ0n) is 17.3. The predicted octanol–water partition coefficient (Wildman–Crippen LogP) is 3.95. The molecular weight excluding hydrogens is 420 g/mol. The van der Waals surface area contributed by atoms with E-state index in [4.69, 9.17) is 0 Å². The van der Waals surface area contributed by atoms with Crippen LogP contribution in [-0.4, -0.2) is 30.9 Å². The largest absolute Gasteiger partial charge is 0.378 e. The molecule has 158 valence electrons. The molecule has 8 heteroatoms. The highest BCUT2D eigenvalue weighted by Crippen LogP contribution is 2.32. The maximum absolute atomic E-state index is 13.5. The lowest BCUT2D eigenvalue weighted by Gasteiger charge is -2.25. The summed E-state index contributed by atoms with van der Waals surface area (Å²) in [5.74, 6) is 0. The second-order valence-electron chi connectivity index (χ2n) is 7.24. The molecular formula is C22H24N2O4S2. The van der Waals surface area contributed by atoms with Crippen molar-refractivity contribution in [3.05, 3.63) is 83.9 Å². The zero-order chi connectivity index (χ0) is 22.1. The second-order valence-corrected chi connectivity index (χ2v) is 11.0. The maximum atomic E-state index is 13.5. The Bertz CT molecular complexity index is 1160. The minimum absolute atomic E-state index is 0.0433. The van der Waals surface area contributed by atoms with Crippen LogP contribution < -0.4 is 8.61 Å². The first-order valence-corrected chi connectivity index (χ1v) is 12.1. The summed E-state index contributed by atoms with van der Waals surface area (Å²) in [4.78, 5) is 1.65. The molecule has 6 nitrogen and oxygen atoms in total. The van der Waals surface area contributed by atoms with E-state index in [1.54, 1.807) is 36.4 Å². The Morgan fingerprint density at radius 2 is 0.867 bits per heavy atom. The average molecular weight is 445 g/mol. The SMILES string of the molecule is Cc1ccc(S(=O)(=O)N(c2ccc(N(C)C)cc2)S(=O)(=O)c2ccc(C)cc2)cc1. The molecule has 0 aliphatic heterocycles. The summed E-state index contributed by atoms with van der Waals surface area (Å²) in [6, 6.07) is 18.5. The smallest absolute Gasteiger partial charge is 0.277 e. The molecule has 3 aromatic carbocycles. The van der Waals surface area contributed by atoms with Crippen molar-refractivity contribution in [2.45, 2.75) is 23.6 Å². The van der Waals surface area contributed by atoms with E-state index in [-0.39, 0.29) is 15.5 Å². The van der Waals surface area contributed by atoms with Crippen molar-refractivity contribution in [1.82, 2.24) is 0 Å². The summed E-state index contributed by atoms with van der Waals surface area (Å²) in [6.45, 7) is 3.66. The third kappa shape index (κ3) is 4.20. The fraction of sp³-hybridized carbons (Fsp3) is 0.182. The molecule has 0 saturated carbocycles. The molecule has 0 atom stereocenters. The zero-order valence-corrected chi connectivity index (χ0v) is 18.9. The van der Waals surface area contributed by atoms with E-state index >= 15 is 0 Å². The normalized spacial score (nSPS) is 11.9. The van der Waals surface area contributed by atoms with Gasteiger partial charge in [-0.3, -0.25) is 0 Å². The van der Waals surface area contributed by atoms with Gasteiger partial charge in [-0.05, 0) is 62.4 Å². The average Bonchev–Trinajstić information content (AvgIpc) is 2.68. The van der Waals surface area contributed by atoms with Crippen LogP contribution in [0.3, 0.4) is 0 Å². The second kappa shape index (κ2) is 8.12. The molecule has 3 rings (SSSR count). The quantitative estimate of drug-likeness (QED) is 0.575. The highest BCUT2D eigenvalue weighted by Gasteiger charge is 2.36. The lowest BCUT2D eigenvalue weighted by molar-refractivity contribution is 0.584. The molecule has 0 saturated heterocycles. The van der Waals surface area contributed by atoms with Gasteiger partial charge in [0.1, 0.15) is 0 Å². The number of aryl methyl sites for hydroxylation is 2. The van der Waals surface area contributed by atoms with Crippen molar-refractivity contribution in [3.8, 4) is 0 Å². The van der Waals surface area contributed by atoms with Crippen LogP contribution in [0.4, 0.5) is 11.4 Å². The minimum Gasteiger partial charge on any atom is -0.378 e. The predicted molar refractivity (Wildman–Crippen MR) is 120 cm³/mol. The minimum atomic E-state index is -4.39. The molecule has 0 bridgehead atoms. The van der Waals surface area contributed by atoms with Gasteiger partial charge < -0.3 is 4.90 Å². The Morgan fingerprint density at radius 3 is 1.20 bits per heavy atom. The van der Waals surface area contributed by atoms with E-state index in [0.717, 1.165) is 16.8 Å². The third-order valence-electron chi connectivity index (χ3n) is 4.65. The molecule has 0 heterocycles. The Labute approximate surface area is 178 Å². The summed E-state index contributed by atoms with van der Waals surface area (Å²) >= 11 is 0. The van der Waals surface area contributed by atoms with Gasteiger partial charge in [0.25, 0.3) is 20.0 Å². The highest BCUT2D eigenvalue weighted by atomic mass is 32.3. The van der Waals surface area contributed by atoms with E-state index in [1.165, 1.54) is 36.4 Å². The molecule has 0 N–H and O–H groups in total. The summed E-state index contributed by atoms with van der Waals surface area (Å²) in [5.41, 5.74) is 2.61. The summed E-state index contributed by atoms with van der Waals surface area (Å²) < 4.78 is 54.5. The molecule has 0 spiro atoms. The van der Waals surface area contributed by atoms with E-state index in [1.807, 2.05) is 32.8 Å². The van der Waals surface area contributed by atoms with Crippen LogP contribution in [-0.2, 0) is 20.0 Å². The van der Waals surface area contributed by atoms with Gasteiger partial charge in [-0.25, -0.2) is 16.8 Å². The van der Waals surface area contributed by atoms with Gasteiger partial charge in [0.05, 0.1) is 15.5 Å². The monoisotopic (exact) mass is 444 g/mol. The third-order valence-corrected chi connectivity index (χ3v) is 8.86. The topological polar surface area (TPSA) is 74.8 Å². The van der Waals surface area contributed by atoms with Crippen LogP contribution in [0.15, 0.2) is 82.6 Å². The summed E-state index contributed by atoms with van der Waals surface area (Å²) in [7, 11) is -5.08. The number of benzene rings is 3. The van der Waals surface area contributed by atoms with Gasteiger partial charge >= 0.3 is 0 Å². The van der Waals surface area contributed by atoms with Crippen LogP contribution in [0.2, 0.25) is 0 Å². The van der Waals surface area contributed by atoms with Crippen molar-refractivity contribution in [1.29, 1.82) is 0 Å². The van der Waals surface area contributed by atoms with Crippen LogP contribution in [0.1, 0.15) is 11.1 Å². The van der Waals surface area contributed by atoms with Gasteiger partial charge in [0.15, 0.2) is 0 Å². The number of hydrogen-bond donors (Lipinski definition) is 0. The molecule has 30 heavy (non-hydrogen) atoms. The molecule has 0 fully saturated rings. The van der Waals surface area contributed by atoms with Crippen molar-refractivity contribution in [2.75, 3.05) is 22.7 Å². The highest BCUT2D eigenvalue weighted by molar-refractivity contribution is 8.10. The summed E-state index contributed by atoms with van der Waals surface area (Å²) in [5, 5.41) is 0. The van der Waals surface area contributed by atoms with Crippen LogP contribution in [0.25, 0.3) is 0 Å². The Hall–Kier alpha value is -2.84. The molecule has 3 aromatic rings. The van der Waals surface area contributed by atoms with E-state index in [9.17, 15) is 16.8 Å². The molecule has 0 aliphatic carbocycles. The van der Waals surface area contributed by atoms with Crippen molar-refractivity contribution >= 4 is 31.4 Å². The van der Waals surface area contributed by atoms with Gasteiger partial charge in [0, 0.05) is 19.8 Å². The number of rotatable bonds is 6. The van der Waals surface area contributed by atoms with E-state index in [2.05, 4.69) is 0 Å². The van der Waals surface area contributed by atoms with Gasteiger partial charge in [-0.2, -0.15) is 3.71 Å². The molecule has 0 radical (unpaired) electrons. The number of hydrogen-bond acceptors (Lipinski definition) is 5. The lowest BCUT2D eigenvalue weighted by atomic mass is 10.2. The van der Waals surface area contributed by atoms with Gasteiger partial charge in [0.2, 0.25) is 0 Å². The first-order valence-electron chi connectivity index (χ1n) is 9.25. The Morgan fingerprint density at radius 1 is 0.533 bits per heavy atom. The Balaban J connectivity index is 2.23. The fourth-order valence-corrected chi connectivity index (χ4v) is 6.58. The van der Waals surface area contributed by atoms with E-state index in [0.29, 0.717) is 3.71 Å². The summed E-state index contributed by atoms with van der Waals surface area (Å²) in [6.07, 6.45) is 0. The van der Waals surface area contributed by atoms with Crippen molar-refractivity contribution in [3.63, 3.8) is 0 Å². The number of anilines is 2. The maximum Gasteiger partial charge on any atom is 0.277 e. The van der Waals surface area contributed by atoms with Crippen LogP contribution in [0.5, 0.6) is 0 Å². The fourth-order valence-electron chi connectivity index (χ4n) is 2.89. The number of sulfonamides is 2. The Kier molecular flexibility index (Phi) is 5.92. The standard InChI is InChI=1S/C22H24N2O4S2/c1-17-5-13-21(14-6-17)29(25,26)24(20-11-9-19(10-12-20)23(3)4)30(27,28)22-15-7-18(2)8-16-22/h5-16H,1-4H3. The van der Waals surface area contributed by atoms with Crippen molar-refractivity contribution < 1.29 is 16.8 Å². The lowest BCUT2D eigenvalue weighted by Crippen LogP contribution is -2.37. The molecule has 0 amide bonds. The van der Waals surface area contributed by atoms with Crippen molar-refractivity contribution in [2.24, 2.45) is 0 Å². The molecule has 0 aliphatic rings. The van der Waals surface area contributed by atoms with E-state index < -0.39 is 20.0 Å². The molecule has 0 aromatic heterocycles.